The van der Waals surface area contributed by atoms with Gasteiger partial charge in [0.15, 0.2) is 35.8 Å². The number of carboxylic acid groups (broad SMARTS) is 2. The monoisotopic (exact) mass is 1240 g/mol. The third-order valence-electron chi connectivity index (χ3n) is 13.2. The molecular formula is C50H60N16O16S3+2. The average Bonchev–Trinajstić information content (AvgIpc) is 1.57. The van der Waals surface area contributed by atoms with Gasteiger partial charge in [0.2, 0.25) is 12.4 Å². The minimum absolute atomic E-state index is 0.0116. The number of carboxylic acids is 2. The fourth-order valence-corrected chi connectivity index (χ4v) is 10.6. The SMILES string of the molecule is C[n+]1cc(-c2ccc(OC[C@H](O/N=C(\C(=O)N[C@@H]3C(=O)N(OS(=O)(=O)ON4C(=O)[C@@H](NC(=O)/C(=N\O[C@@H](COc5ccc(-c6cn(CCN)[n+](C)c6)cc5)C(=O)O)c5csc(N)n5)C4(C)C)C3(C)C)c3csc(N)n3)C(=O)O)cc2)cn1CCN. The summed E-state index contributed by atoms with van der Waals surface area (Å²) in [6, 6.07) is 10.5. The van der Waals surface area contributed by atoms with Gasteiger partial charge in [0, 0.05) is 23.8 Å². The molecule has 0 bridgehead atoms. The topological polar surface area (TPSA) is 435 Å². The van der Waals surface area contributed by atoms with Gasteiger partial charge in [-0.25, -0.2) is 19.6 Å². The number of nitrogens with one attached hydrogen (secondary N) is 2. The number of aryl methyl sites for hydroxylation is 2. The predicted molar refractivity (Wildman–Crippen MR) is 299 cm³/mol. The second-order valence-corrected chi connectivity index (χ2v) is 22.9. The number of hydrogen-bond acceptors (Lipinski definition) is 24. The van der Waals surface area contributed by atoms with Crippen molar-refractivity contribution < 1.29 is 84.5 Å². The standard InChI is InChI=1S/C50H58N16O16S3/c1-49(2)39(57-41(67)37(33-25-83-47(53)55-33)59-79-35(45(71)72)23-77-31-11-7-27(8-12-31)29-19-61(5)63(21-29)17-15-51)43(69)65(49)81-85(75,76)82-66-44(70)40(50(66,3)4)58-42(68)38(34-26-84-48(54)56-34)60-80-36(46(73)74)24-78-32-13-9-28(10-14-32)30-20-62(6)64(22-30)18-16-52/h7-14,19-22,25-26,35-36,39-40H,15-18,23-24,51-52H2,1-6H3,(H6-2,53,54,55,56,57,58,67,68,71,72,73,74)/p+2/b59-37-,60-38-/t35-,36-,39+,40+/m0/s1. The fraction of sp³-hybridized carbons (Fsp3) is 0.360. The van der Waals surface area contributed by atoms with E-state index in [2.05, 4.69) is 30.9 Å². The lowest BCUT2D eigenvalue weighted by Crippen LogP contribution is -2.78. The van der Waals surface area contributed by atoms with Crippen LogP contribution >= 0.6 is 22.7 Å². The molecule has 2 saturated heterocycles. The molecule has 0 spiro atoms. The number of hydroxylamine groups is 4. The number of anilines is 2. The van der Waals surface area contributed by atoms with Crippen molar-refractivity contribution in [2.24, 2.45) is 35.9 Å². The van der Waals surface area contributed by atoms with Gasteiger partial charge in [0.05, 0.1) is 47.7 Å². The summed E-state index contributed by atoms with van der Waals surface area (Å²) in [7, 11) is -1.61. The molecule has 2 fully saturated rings. The van der Waals surface area contributed by atoms with Crippen molar-refractivity contribution in [3.05, 3.63) is 95.5 Å². The Kier molecular flexibility index (Phi) is 18.5. The molecular weight excluding hydrogens is 1180 g/mol. The number of ether oxygens (including phenoxy) is 2. The summed E-state index contributed by atoms with van der Waals surface area (Å²) < 4.78 is 55.9. The Balaban J connectivity index is 0.865. The minimum Gasteiger partial charge on any atom is -0.489 e. The van der Waals surface area contributed by atoms with E-state index in [9.17, 15) is 47.4 Å². The van der Waals surface area contributed by atoms with E-state index in [0.29, 0.717) is 36.3 Å². The number of carbonyl (C=O) groups excluding carboxylic acids is 4. The van der Waals surface area contributed by atoms with Crippen LogP contribution in [0.3, 0.4) is 0 Å². The molecule has 0 saturated carbocycles. The molecule has 6 heterocycles. The van der Waals surface area contributed by atoms with E-state index >= 15 is 0 Å². The molecule has 35 heteroatoms. The summed E-state index contributed by atoms with van der Waals surface area (Å²) in [6.07, 6.45) is 4.13. The number of aliphatic carboxylic acids is 2. The third kappa shape index (κ3) is 13.9. The molecule has 4 aromatic heterocycles. The molecule has 12 N–H and O–H groups in total. The van der Waals surface area contributed by atoms with Gasteiger partial charge in [-0.15, -0.1) is 40.6 Å². The molecule has 0 aliphatic carbocycles. The molecule has 0 unspecified atom stereocenters. The maximum atomic E-state index is 13.8. The second kappa shape index (κ2) is 25.4. The highest BCUT2D eigenvalue weighted by molar-refractivity contribution is 7.81. The van der Waals surface area contributed by atoms with Crippen LogP contribution in [-0.2, 0) is 84.6 Å². The Hall–Kier alpha value is -9.13. The highest BCUT2D eigenvalue weighted by Crippen LogP contribution is 2.37. The summed E-state index contributed by atoms with van der Waals surface area (Å²) in [6.45, 7) is 6.21. The summed E-state index contributed by atoms with van der Waals surface area (Å²) in [5.41, 5.74) is 21.6. The van der Waals surface area contributed by atoms with Gasteiger partial charge in [-0.2, -0.15) is 27.9 Å². The van der Waals surface area contributed by atoms with Crippen LogP contribution < -0.4 is 52.4 Å². The highest BCUT2D eigenvalue weighted by Gasteiger charge is 2.61. The first kappa shape index (κ1) is 61.9. The van der Waals surface area contributed by atoms with Gasteiger partial charge in [-0.05, 0) is 63.1 Å². The second-order valence-electron chi connectivity index (χ2n) is 20.0. The lowest BCUT2D eigenvalue weighted by Gasteiger charge is -2.52. The van der Waals surface area contributed by atoms with E-state index in [0.717, 1.165) is 44.9 Å². The Morgan fingerprint density at radius 2 is 1.02 bits per heavy atom. The van der Waals surface area contributed by atoms with Crippen LogP contribution in [0.5, 0.6) is 11.5 Å². The maximum absolute atomic E-state index is 13.8. The maximum Gasteiger partial charge on any atom is 0.442 e. The Morgan fingerprint density at radius 1 is 0.659 bits per heavy atom. The molecule has 85 heavy (non-hydrogen) atoms. The normalized spacial score (nSPS) is 17.3. The first-order chi connectivity index (χ1) is 40.2. The number of benzene rings is 2. The molecule has 6 aromatic rings. The van der Waals surface area contributed by atoms with Gasteiger partial charge in [-0.1, -0.05) is 34.6 Å². The molecule has 32 nitrogen and oxygen atoms in total. The third-order valence-corrected chi connectivity index (χ3v) is 15.2. The van der Waals surface area contributed by atoms with Crippen LogP contribution in [-0.4, -0.2) is 157 Å². The van der Waals surface area contributed by atoms with Crippen molar-refractivity contribution in [3.8, 4) is 33.8 Å². The summed E-state index contributed by atoms with van der Waals surface area (Å²) in [4.78, 5) is 98.1. The largest absolute Gasteiger partial charge is 0.489 e. The van der Waals surface area contributed by atoms with Gasteiger partial charge in [-0.3, -0.25) is 19.2 Å². The first-order valence-electron chi connectivity index (χ1n) is 25.5. The zero-order valence-electron chi connectivity index (χ0n) is 46.3. The molecule has 4 atom stereocenters. The van der Waals surface area contributed by atoms with Crippen LogP contribution in [0.1, 0.15) is 39.1 Å². The number of rotatable bonds is 28. The lowest BCUT2D eigenvalue weighted by molar-refractivity contribution is -0.753. The van der Waals surface area contributed by atoms with E-state index in [1.165, 1.54) is 38.5 Å². The molecule has 2 aliphatic rings. The number of amides is 4. The Labute approximate surface area is 491 Å². The summed E-state index contributed by atoms with van der Waals surface area (Å²) >= 11 is 1.81. The van der Waals surface area contributed by atoms with Crippen LogP contribution in [0.15, 0.2) is 94.4 Å². The van der Waals surface area contributed by atoms with Crippen molar-refractivity contribution in [1.82, 2.24) is 40.1 Å². The number of oxime groups is 2. The summed E-state index contributed by atoms with van der Waals surface area (Å²) in [5, 5.41) is 35.7. The van der Waals surface area contributed by atoms with Crippen LogP contribution in [0.4, 0.5) is 10.3 Å². The van der Waals surface area contributed by atoms with E-state index in [4.69, 9.17) is 50.7 Å². The van der Waals surface area contributed by atoms with Crippen LogP contribution in [0, 0.1) is 0 Å². The van der Waals surface area contributed by atoms with Gasteiger partial charge < -0.3 is 62.9 Å². The molecule has 8 rings (SSSR count). The van der Waals surface area contributed by atoms with Crippen molar-refractivity contribution >= 4 is 90.3 Å². The lowest BCUT2D eigenvalue weighted by atomic mass is 9.84. The molecule has 4 amide bonds. The number of hydrogen-bond donors (Lipinski definition) is 8. The van der Waals surface area contributed by atoms with E-state index in [-0.39, 0.29) is 33.1 Å². The van der Waals surface area contributed by atoms with Crippen LogP contribution in [0.2, 0.25) is 0 Å². The summed E-state index contributed by atoms with van der Waals surface area (Å²) in [5.74, 6) is -6.96. The molecule has 0 radical (unpaired) electrons. The number of nitrogen functional groups attached to an aromatic ring is 2. The van der Waals surface area contributed by atoms with Gasteiger partial charge in [0.25, 0.3) is 35.8 Å². The van der Waals surface area contributed by atoms with E-state index in [1.807, 2.05) is 57.6 Å². The quantitative estimate of drug-likeness (QED) is 0.0124. The molecule has 2 aliphatic heterocycles. The number of β-lactam (4-membered cyclic amide) rings is 2. The fourth-order valence-electron chi connectivity index (χ4n) is 8.53. The van der Waals surface area contributed by atoms with Crippen molar-refractivity contribution in [2.45, 2.75) is 76.2 Å². The van der Waals surface area contributed by atoms with Gasteiger partial charge >= 0.3 is 22.3 Å². The molecule has 2 aromatic carbocycles. The number of aromatic nitrogens is 6. The predicted octanol–water partition coefficient (Wildman–Crippen LogP) is -1.21. The molecule has 452 valence electrons. The van der Waals surface area contributed by atoms with E-state index in [1.54, 1.807) is 48.5 Å². The zero-order valence-corrected chi connectivity index (χ0v) is 48.7. The number of nitrogens with two attached hydrogens (primary N) is 4. The number of thiazole rings is 2. The van der Waals surface area contributed by atoms with Crippen molar-refractivity contribution in [2.75, 3.05) is 37.8 Å². The van der Waals surface area contributed by atoms with E-state index < -0.39 is 106 Å². The zero-order chi connectivity index (χ0) is 61.7. The van der Waals surface area contributed by atoms with Crippen molar-refractivity contribution in [1.29, 1.82) is 0 Å². The Morgan fingerprint density at radius 3 is 1.33 bits per heavy atom. The smallest absolute Gasteiger partial charge is 0.442 e. The average molecular weight is 1240 g/mol. The Bertz CT molecular complexity index is 3440. The number of nitrogens with zero attached hydrogens (tertiary/aromatic N) is 10. The highest BCUT2D eigenvalue weighted by atomic mass is 32.3. The first-order valence-corrected chi connectivity index (χ1v) is 28.6. The minimum atomic E-state index is -5.36. The number of carbonyl (C=O) groups is 6. The van der Waals surface area contributed by atoms with Crippen LogP contribution in [0.25, 0.3) is 22.3 Å². The van der Waals surface area contributed by atoms with Crippen molar-refractivity contribution in [3.63, 3.8) is 0 Å². The van der Waals surface area contributed by atoms with Gasteiger partial charge in [0.1, 0.15) is 48.2 Å².